The summed E-state index contributed by atoms with van der Waals surface area (Å²) < 4.78 is 0. The lowest BCUT2D eigenvalue weighted by molar-refractivity contribution is 0.270. The van der Waals surface area contributed by atoms with Gasteiger partial charge in [0.1, 0.15) is 18.2 Å². The van der Waals surface area contributed by atoms with E-state index in [0.29, 0.717) is 5.92 Å². The van der Waals surface area contributed by atoms with Gasteiger partial charge in [-0.15, -0.1) is 0 Å². The van der Waals surface area contributed by atoms with Crippen LogP contribution in [-0.4, -0.2) is 23.9 Å². The molecule has 0 spiro atoms. The number of nitrogens with one attached hydrogen (secondary N) is 1. The molecule has 3 aromatic carbocycles. The van der Waals surface area contributed by atoms with E-state index in [0.717, 1.165) is 57.2 Å². The van der Waals surface area contributed by atoms with E-state index in [1.54, 1.807) is 0 Å². The molecule has 3 aliphatic carbocycles. The zero-order valence-electron chi connectivity index (χ0n) is 41.3. The fourth-order valence-corrected chi connectivity index (χ4v) is 9.08. The Labute approximate surface area is 390 Å². The predicted molar refractivity (Wildman–Crippen MR) is 286 cm³/mol. The first-order valence-corrected chi connectivity index (χ1v) is 24.6. The molecule has 4 aliphatic rings. The normalized spacial score (nSPS) is 20.2. The van der Waals surface area contributed by atoms with Crippen LogP contribution in [0.3, 0.4) is 0 Å². The van der Waals surface area contributed by atoms with Gasteiger partial charge in [0.25, 0.3) is 0 Å². The van der Waals surface area contributed by atoms with Crippen molar-refractivity contribution in [1.29, 1.82) is 0 Å². The third kappa shape index (κ3) is 12.4. The molecule has 0 radical (unpaired) electrons. The lowest BCUT2D eigenvalue weighted by Gasteiger charge is -2.40. The number of rotatable bonds is 12. The van der Waals surface area contributed by atoms with Crippen molar-refractivity contribution in [2.75, 3.05) is 7.05 Å². The van der Waals surface area contributed by atoms with E-state index >= 15 is 0 Å². The molecule has 3 heteroatoms. The summed E-state index contributed by atoms with van der Waals surface area (Å²) in [7, 11) is 2.19. The highest BCUT2D eigenvalue weighted by atomic mass is 15.4. The van der Waals surface area contributed by atoms with Gasteiger partial charge >= 0.3 is 0 Å². The van der Waals surface area contributed by atoms with Gasteiger partial charge in [-0.25, -0.2) is 4.99 Å². The highest BCUT2D eigenvalue weighted by molar-refractivity contribution is 5.99. The Morgan fingerprint density at radius 1 is 0.859 bits per heavy atom. The number of benzene rings is 3. The maximum atomic E-state index is 5.60. The van der Waals surface area contributed by atoms with Crippen LogP contribution in [0.4, 0.5) is 0 Å². The molecule has 3 atom stereocenters. The molecular weight excluding hydrogens is 775 g/mol. The molecule has 0 aromatic heterocycles. The molecule has 0 amide bonds. The molecule has 3 unspecified atom stereocenters. The number of hydrogen-bond donors (Lipinski definition) is 1. The van der Waals surface area contributed by atoms with Gasteiger partial charge in [-0.05, 0) is 144 Å². The van der Waals surface area contributed by atoms with Crippen LogP contribution < -0.4 is 5.32 Å². The molecule has 0 fully saturated rings. The van der Waals surface area contributed by atoms with Gasteiger partial charge in [-0.2, -0.15) is 0 Å². The van der Waals surface area contributed by atoms with Crippen LogP contribution in [0, 0.1) is 6.92 Å². The van der Waals surface area contributed by atoms with E-state index in [1.807, 2.05) is 47.6 Å². The van der Waals surface area contributed by atoms with Crippen molar-refractivity contribution in [1.82, 2.24) is 10.2 Å². The second-order valence-electron chi connectivity index (χ2n) is 15.8. The summed E-state index contributed by atoms with van der Waals surface area (Å²) in [6.45, 7) is 24.7. The van der Waals surface area contributed by atoms with E-state index in [1.165, 1.54) is 72.4 Å². The molecule has 0 saturated carbocycles. The summed E-state index contributed by atoms with van der Waals surface area (Å²) >= 11 is 0. The average Bonchev–Trinajstić information content (AvgIpc) is 3.63. The number of likely N-dealkylation sites (N-methyl/N-ethyl adjacent to an activating group) is 1. The number of aliphatic imine (C=N–C) groups is 1. The number of allylic oxidation sites excluding steroid dienone is 15. The lowest BCUT2D eigenvalue weighted by Crippen LogP contribution is -2.50. The molecule has 1 heterocycles. The molecule has 338 valence electrons. The van der Waals surface area contributed by atoms with Crippen LogP contribution in [0.15, 0.2) is 162 Å². The highest BCUT2D eigenvalue weighted by Gasteiger charge is 2.34. The first-order chi connectivity index (χ1) is 31.4. The highest BCUT2D eigenvalue weighted by Crippen LogP contribution is 2.42. The largest absolute Gasteiger partial charge is 0.340 e. The van der Waals surface area contributed by atoms with E-state index in [-0.39, 0.29) is 12.3 Å². The summed E-state index contributed by atoms with van der Waals surface area (Å²) in [5, 5.41) is 4.07. The van der Waals surface area contributed by atoms with Gasteiger partial charge in [0.2, 0.25) is 0 Å². The number of aryl methyl sites for hydroxylation is 1. The molecule has 1 N–H and O–H groups in total. The van der Waals surface area contributed by atoms with Crippen LogP contribution in [0.1, 0.15) is 164 Å². The number of hydrogen-bond acceptors (Lipinski definition) is 3. The minimum absolute atomic E-state index is 0.0561. The van der Waals surface area contributed by atoms with Crippen LogP contribution in [0.5, 0.6) is 0 Å². The van der Waals surface area contributed by atoms with Crippen LogP contribution in [0.25, 0.3) is 22.8 Å². The molecule has 0 bridgehead atoms. The minimum atomic E-state index is -0.210. The summed E-state index contributed by atoms with van der Waals surface area (Å²) in [4.78, 5) is 7.95. The first-order valence-electron chi connectivity index (χ1n) is 24.6. The first kappa shape index (κ1) is 51.1. The predicted octanol–water partition coefficient (Wildman–Crippen LogP) is 17.1. The summed E-state index contributed by atoms with van der Waals surface area (Å²) in [6, 6.07) is 22.8. The van der Waals surface area contributed by atoms with Crippen molar-refractivity contribution in [3.8, 4) is 0 Å². The van der Waals surface area contributed by atoms with Crippen molar-refractivity contribution in [2.24, 2.45) is 4.99 Å². The Morgan fingerprint density at radius 2 is 1.61 bits per heavy atom. The fourth-order valence-electron chi connectivity index (χ4n) is 9.08. The molecule has 64 heavy (non-hydrogen) atoms. The zero-order valence-corrected chi connectivity index (χ0v) is 41.3. The van der Waals surface area contributed by atoms with Gasteiger partial charge in [-0.1, -0.05) is 202 Å². The SMILES string of the molecule is C=C/C=C\c1c(C)cccc1C1C=CC(c2cccc3c2CC/C3=C(\C=C/CC)C2N=C(/C(=C/C=C\C)CC)N(C)C(c3cccc(C4=CCCC=C4)c3)N2)=CCC1.CC.CC.CC. The Balaban J connectivity index is 0.00000144. The topological polar surface area (TPSA) is 27.6 Å². The molecular formula is C61H79N3. The number of fused-ring (bicyclic) bond motifs is 1. The Bertz CT molecular complexity index is 2310. The van der Waals surface area contributed by atoms with E-state index in [4.69, 9.17) is 4.99 Å². The summed E-state index contributed by atoms with van der Waals surface area (Å²) in [5.74, 6) is 1.41. The smallest absolute Gasteiger partial charge is 0.130 e. The van der Waals surface area contributed by atoms with E-state index < -0.39 is 0 Å². The quantitative estimate of drug-likeness (QED) is 0.184. The third-order valence-electron chi connectivity index (χ3n) is 12.1. The Morgan fingerprint density at radius 3 is 2.33 bits per heavy atom. The molecule has 1 aliphatic heterocycles. The van der Waals surface area contributed by atoms with Crippen molar-refractivity contribution in [2.45, 2.75) is 139 Å². The van der Waals surface area contributed by atoms with Gasteiger partial charge < -0.3 is 4.90 Å². The number of nitrogens with zero attached hydrogens (tertiary/aromatic N) is 2. The van der Waals surface area contributed by atoms with Gasteiger partial charge in [0.15, 0.2) is 0 Å². The second kappa shape index (κ2) is 27.0. The molecule has 7 rings (SSSR count). The van der Waals surface area contributed by atoms with Crippen molar-refractivity contribution < 1.29 is 0 Å². The summed E-state index contributed by atoms with van der Waals surface area (Å²) in [6.07, 6.45) is 39.5. The minimum Gasteiger partial charge on any atom is -0.340 e. The molecule has 3 aromatic rings. The molecule has 0 saturated heterocycles. The number of amidine groups is 1. The van der Waals surface area contributed by atoms with E-state index in [9.17, 15) is 0 Å². The lowest BCUT2D eigenvalue weighted by atomic mass is 9.88. The van der Waals surface area contributed by atoms with Gasteiger partial charge in [-0.3, -0.25) is 5.32 Å². The zero-order chi connectivity index (χ0) is 46.4. The monoisotopic (exact) mass is 854 g/mol. The second-order valence-corrected chi connectivity index (χ2v) is 15.8. The maximum Gasteiger partial charge on any atom is 0.130 e. The standard InChI is InChI=1S/C55H61N3.3C2H6/c1-7-11-22-40(10-4)54-56-53(57-55(58(54)6)45-28-19-27-44(38-45)41-23-15-14-16-24-41)52(30-13-9-3)51-37-36-50-48(32-20-33-49(50)51)43-26-18-25-42(34-35-43)47-31-17-21-39(5)46(47)29-12-8-2;3*1-2/h7-8,11-13,15,17,19-24,26-35,38,42,53,55,57H,2,9-10,14,16,18,25,36-37H2,1,3-6H3;3*1-2H3/b11-7-,29-12-,30-13-,40-22+,52-51-;;;. The fraction of sp³-hybridized carbons (Fsp3) is 0.361. The molecule has 3 nitrogen and oxygen atoms in total. The maximum absolute atomic E-state index is 5.60. The van der Waals surface area contributed by atoms with Crippen LogP contribution in [-0.2, 0) is 6.42 Å². The summed E-state index contributed by atoms with van der Waals surface area (Å²) in [5.41, 5.74) is 17.3. The van der Waals surface area contributed by atoms with Gasteiger partial charge in [0, 0.05) is 13.0 Å². The average molecular weight is 854 g/mol. The van der Waals surface area contributed by atoms with E-state index in [2.05, 4.69) is 191 Å². The van der Waals surface area contributed by atoms with Crippen LogP contribution in [0.2, 0.25) is 0 Å². The Hall–Kier alpha value is -5.51. The Kier molecular flexibility index (Phi) is 21.5. The van der Waals surface area contributed by atoms with Crippen LogP contribution >= 0.6 is 0 Å². The van der Waals surface area contributed by atoms with Crippen molar-refractivity contribution in [3.05, 3.63) is 202 Å². The third-order valence-corrected chi connectivity index (χ3v) is 12.1. The van der Waals surface area contributed by atoms with Crippen molar-refractivity contribution in [3.63, 3.8) is 0 Å². The van der Waals surface area contributed by atoms with Gasteiger partial charge in [0.05, 0.1) is 0 Å². The van der Waals surface area contributed by atoms with Crippen molar-refractivity contribution >= 4 is 28.6 Å².